The van der Waals surface area contributed by atoms with Crippen LogP contribution in [-0.4, -0.2) is 24.5 Å². The van der Waals surface area contributed by atoms with Gasteiger partial charge in [-0.2, -0.15) is 0 Å². The van der Waals surface area contributed by atoms with Crippen LogP contribution in [0.15, 0.2) is 51.6 Å². The Morgan fingerprint density at radius 2 is 2.05 bits per heavy atom. The Morgan fingerprint density at radius 3 is 2.76 bits per heavy atom. The third-order valence-electron chi connectivity index (χ3n) is 4.01. The average molecular weight is 349 g/mol. The zero-order chi connectivity index (χ0) is 14.5. The van der Waals surface area contributed by atoms with Gasteiger partial charge in [0.15, 0.2) is 0 Å². The predicted octanol–water partition coefficient (Wildman–Crippen LogP) is 3.97. The standard InChI is InChI=1S/C17H21BrN2O/c18-15-6-3-5-14(11-15)12-19-13-16(17-7-4-10-21-17)20-8-1-2-9-20/h3-7,10-11,16,19H,1-2,8-9,12-13H2. The van der Waals surface area contributed by atoms with E-state index in [2.05, 4.69) is 56.5 Å². The van der Waals surface area contributed by atoms with Crippen molar-refractivity contribution in [1.82, 2.24) is 10.2 Å². The number of rotatable bonds is 6. The van der Waals surface area contributed by atoms with Crippen LogP contribution in [0.3, 0.4) is 0 Å². The lowest BCUT2D eigenvalue weighted by atomic mass is 10.1. The summed E-state index contributed by atoms with van der Waals surface area (Å²) in [5.41, 5.74) is 1.30. The van der Waals surface area contributed by atoms with Crippen LogP contribution in [0.4, 0.5) is 0 Å². The Kier molecular flexibility index (Phi) is 5.12. The van der Waals surface area contributed by atoms with Gasteiger partial charge in [0.2, 0.25) is 0 Å². The average Bonchev–Trinajstić information content (AvgIpc) is 3.17. The van der Waals surface area contributed by atoms with Crippen molar-refractivity contribution in [2.75, 3.05) is 19.6 Å². The second-order valence-corrected chi connectivity index (χ2v) is 6.45. The topological polar surface area (TPSA) is 28.4 Å². The van der Waals surface area contributed by atoms with E-state index >= 15 is 0 Å². The van der Waals surface area contributed by atoms with Gasteiger partial charge in [-0.05, 0) is 55.8 Å². The highest BCUT2D eigenvalue weighted by atomic mass is 79.9. The third-order valence-corrected chi connectivity index (χ3v) is 4.50. The van der Waals surface area contributed by atoms with Gasteiger partial charge in [-0.3, -0.25) is 4.90 Å². The van der Waals surface area contributed by atoms with Crippen LogP contribution in [0.25, 0.3) is 0 Å². The molecule has 1 unspecified atom stereocenters. The first kappa shape index (κ1) is 14.8. The SMILES string of the molecule is Brc1cccc(CNCC(c2ccco2)N2CCCC2)c1. The van der Waals surface area contributed by atoms with Gasteiger partial charge in [-0.15, -0.1) is 0 Å². The first-order chi connectivity index (χ1) is 10.3. The quantitative estimate of drug-likeness (QED) is 0.856. The molecule has 1 aliphatic rings. The van der Waals surface area contributed by atoms with E-state index in [1.165, 1.54) is 31.5 Å². The van der Waals surface area contributed by atoms with Crippen LogP contribution in [0, 0.1) is 0 Å². The first-order valence-corrected chi connectivity index (χ1v) is 8.35. The molecule has 2 aromatic rings. The summed E-state index contributed by atoms with van der Waals surface area (Å²) in [6.07, 6.45) is 4.36. The molecule has 1 saturated heterocycles. The van der Waals surface area contributed by atoms with E-state index in [0.29, 0.717) is 6.04 Å². The van der Waals surface area contributed by atoms with Crippen molar-refractivity contribution in [2.24, 2.45) is 0 Å². The van der Waals surface area contributed by atoms with Crippen molar-refractivity contribution in [3.8, 4) is 0 Å². The van der Waals surface area contributed by atoms with Crippen LogP contribution >= 0.6 is 15.9 Å². The molecule has 0 amide bonds. The van der Waals surface area contributed by atoms with Crippen molar-refractivity contribution < 1.29 is 4.42 Å². The number of likely N-dealkylation sites (tertiary alicyclic amines) is 1. The van der Waals surface area contributed by atoms with Crippen molar-refractivity contribution >= 4 is 15.9 Å². The molecular weight excluding hydrogens is 328 g/mol. The Morgan fingerprint density at radius 1 is 1.19 bits per heavy atom. The zero-order valence-electron chi connectivity index (χ0n) is 12.1. The summed E-state index contributed by atoms with van der Waals surface area (Å²) in [6.45, 7) is 4.14. The van der Waals surface area contributed by atoms with Crippen LogP contribution in [0.1, 0.15) is 30.2 Å². The maximum absolute atomic E-state index is 5.64. The molecule has 1 fully saturated rings. The lowest BCUT2D eigenvalue weighted by Gasteiger charge is -2.26. The highest BCUT2D eigenvalue weighted by Crippen LogP contribution is 2.25. The second-order valence-electron chi connectivity index (χ2n) is 5.54. The van der Waals surface area contributed by atoms with E-state index < -0.39 is 0 Å². The van der Waals surface area contributed by atoms with Gasteiger partial charge in [0.1, 0.15) is 5.76 Å². The summed E-state index contributed by atoms with van der Waals surface area (Å²) in [4.78, 5) is 2.52. The van der Waals surface area contributed by atoms with E-state index in [9.17, 15) is 0 Å². The van der Waals surface area contributed by atoms with E-state index in [4.69, 9.17) is 4.42 Å². The minimum atomic E-state index is 0.342. The summed E-state index contributed by atoms with van der Waals surface area (Å²) in [7, 11) is 0. The molecule has 1 N–H and O–H groups in total. The monoisotopic (exact) mass is 348 g/mol. The molecule has 0 aliphatic carbocycles. The molecular formula is C17H21BrN2O. The molecule has 3 nitrogen and oxygen atoms in total. The van der Waals surface area contributed by atoms with Crippen molar-refractivity contribution in [3.63, 3.8) is 0 Å². The molecule has 1 aliphatic heterocycles. The maximum Gasteiger partial charge on any atom is 0.122 e. The number of halogens is 1. The van der Waals surface area contributed by atoms with Crippen molar-refractivity contribution in [1.29, 1.82) is 0 Å². The Hall–Kier alpha value is -1.10. The van der Waals surface area contributed by atoms with Gasteiger partial charge in [0.25, 0.3) is 0 Å². The summed E-state index contributed by atoms with van der Waals surface area (Å²) >= 11 is 3.52. The minimum absolute atomic E-state index is 0.342. The van der Waals surface area contributed by atoms with Gasteiger partial charge >= 0.3 is 0 Å². The van der Waals surface area contributed by atoms with Gasteiger partial charge in [-0.25, -0.2) is 0 Å². The zero-order valence-corrected chi connectivity index (χ0v) is 13.7. The molecule has 112 valence electrons. The Labute approximate surface area is 134 Å². The summed E-state index contributed by atoms with van der Waals surface area (Å²) in [5, 5.41) is 3.57. The molecule has 0 spiro atoms. The normalized spacial score (nSPS) is 17.2. The highest BCUT2D eigenvalue weighted by molar-refractivity contribution is 9.10. The molecule has 0 radical (unpaired) electrons. The van der Waals surface area contributed by atoms with E-state index in [1.54, 1.807) is 6.26 Å². The lowest BCUT2D eigenvalue weighted by molar-refractivity contribution is 0.209. The fourth-order valence-corrected chi connectivity index (χ4v) is 3.39. The fraction of sp³-hybridized carbons (Fsp3) is 0.412. The Balaban J connectivity index is 1.60. The third kappa shape index (κ3) is 3.96. The van der Waals surface area contributed by atoms with Crippen LogP contribution < -0.4 is 5.32 Å². The number of hydrogen-bond acceptors (Lipinski definition) is 3. The molecule has 1 aromatic heterocycles. The van der Waals surface area contributed by atoms with Crippen LogP contribution in [-0.2, 0) is 6.54 Å². The maximum atomic E-state index is 5.64. The lowest BCUT2D eigenvalue weighted by Crippen LogP contribution is -2.33. The minimum Gasteiger partial charge on any atom is -0.468 e. The van der Waals surface area contributed by atoms with Gasteiger partial charge in [0, 0.05) is 17.6 Å². The van der Waals surface area contributed by atoms with Crippen molar-refractivity contribution in [3.05, 3.63) is 58.5 Å². The fourth-order valence-electron chi connectivity index (χ4n) is 2.94. The molecule has 3 rings (SSSR count). The van der Waals surface area contributed by atoms with E-state index in [0.717, 1.165) is 23.3 Å². The number of furan rings is 1. The molecule has 1 atom stereocenters. The Bertz CT molecular complexity index is 550. The number of benzene rings is 1. The molecule has 0 saturated carbocycles. The van der Waals surface area contributed by atoms with Gasteiger partial charge in [-0.1, -0.05) is 28.1 Å². The summed E-state index contributed by atoms with van der Waals surface area (Å²) in [5.74, 6) is 1.07. The second kappa shape index (κ2) is 7.25. The predicted molar refractivity (Wildman–Crippen MR) is 88.1 cm³/mol. The van der Waals surface area contributed by atoms with Crippen LogP contribution in [0.2, 0.25) is 0 Å². The summed E-state index contributed by atoms with van der Waals surface area (Å²) in [6, 6.07) is 12.8. The van der Waals surface area contributed by atoms with Crippen LogP contribution in [0.5, 0.6) is 0 Å². The largest absolute Gasteiger partial charge is 0.468 e. The molecule has 0 bridgehead atoms. The van der Waals surface area contributed by atoms with Gasteiger partial charge < -0.3 is 9.73 Å². The molecule has 21 heavy (non-hydrogen) atoms. The first-order valence-electron chi connectivity index (χ1n) is 7.55. The van der Waals surface area contributed by atoms with Gasteiger partial charge in [0.05, 0.1) is 12.3 Å². The molecule has 2 heterocycles. The van der Waals surface area contributed by atoms with E-state index in [-0.39, 0.29) is 0 Å². The summed E-state index contributed by atoms with van der Waals surface area (Å²) < 4.78 is 6.77. The molecule has 1 aromatic carbocycles. The van der Waals surface area contributed by atoms with Crippen molar-refractivity contribution in [2.45, 2.75) is 25.4 Å². The van der Waals surface area contributed by atoms with E-state index in [1.807, 2.05) is 6.07 Å². The number of nitrogens with one attached hydrogen (secondary N) is 1. The highest BCUT2D eigenvalue weighted by Gasteiger charge is 2.24. The number of hydrogen-bond donors (Lipinski definition) is 1. The smallest absolute Gasteiger partial charge is 0.122 e. The molecule has 4 heteroatoms. The number of nitrogens with zero attached hydrogens (tertiary/aromatic N) is 1.